The molecule has 1 aromatic heterocycles. The van der Waals surface area contributed by atoms with Crippen molar-refractivity contribution in [2.45, 2.75) is 19.8 Å². The third-order valence-corrected chi connectivity index (χ3v) is 3.32. The summed E-state index contributed by atoms with van der Waals surface area (Å²) in [5.41, 5.74) is 6.92. The minimum atomic E-state index is -0.128. The van der Waals surface area contributed by atoms with Crippen LogP contribution in [0.25, 0.3) is 11.0 Å². The van der Waals surface area contributed by atoms with Crippen molar-refractivity contribution in [2.24, 2.45) is 11.7 Å². The van der Waals surface area contributed by atoms with Crippen LogP contribution < -0.4 is 11.1 Å². The van der Waals surface area contributed by atoms with Gasteiger partial charge in [0.15, 0.2) is 11.0 Å². The number of carbonyl (C=O) groups is 1. The van der Waals surface area contributed by atoms with Crippen molar-refractivity contribution in [3.63, 3.8) is 0 Å². The SMILES string of the molecule is CC(CN)CCC(=O)Nc1nc2ccccc2nc1Cl. The fourth-order valence-electron chi connectivity index (χ4n) is 1.75. The second-order valence-electron chi connectivity index (χ2n) is 4.78. The summed E-state index contributed by atoms with van der Waals surface area (Å²) in [7, 11) is 0. The summed E-state index contributed by atoms with van der Waals surface area (Å²) >= 11 is 6.03. The van der Waals surface area contributed by atoms with E-state index in [1.165, 1.54) is 0 Å². The van der Waals surface area contributed by atoms with Gasteiger partial charge in [0, 0.05) is 6.42 Å². The van der Waals surface area contributed by atoms with E-state index in [1.807, 2.05) is 31.2 Å². The average Bonchev–Trinajstić information content (AvgIpc) is 2.45. The molecule has 20 heavy (non-hydrogen) atoms. The van der Waals surface area contributed by atoms with Crippen LogP contribution in [0.5, 0.6) is 0 Å². The molecule has 0 radical (unpaired) electrons. The van der Waals surface area contributed by atoms with Crippen LogP contribution in [-0.2, 0) is 4.79 Å². The molecule has 1 amide bonds. The molecule has 0 saturated carbocycles. The molecule has 2 aromatic rings. The van der Waals surface area contributed by atoms with E-state index in [0.29, 0.717) is 35.7 Å². The number of benzene rings is 1. The maximum Gasteiger partial charge on any atom is 0.225 e. The van der Waals surface area contributed by atoms with Gasteiger partial charge in [-0.3, -0.25) is 4.79 Å². The Labute approximate surface area is 122 Å². The van der Waals surface area contributed by atoms with Gasteiger partial charge in [0.05, 0.1) is 11.0 Å². The van der Waals surface area contributed by atoms with Crippen LogP contribution in [0.2, 0.25) is 5.15 Å². The molecule has 1 atom stereocenters. The molecule has 0 fully saturated rings. The summed E-state index contributed by atoms with van der Waals surface area (Å²) in [6, 6.07) is 7.37. The molecule has 1 heterocycles. The van der Waals surface area contributed by atoms with Crippen LogP contribution in [0.15, 0.2) is 24.3 Å². The highest BCUT2D eigenvalue weighted by atomic mass is 35.5. The highest BCUT2D eigenvalue weighted by Crippen LogP contribution is 2.21. The first-order valence-electron chi connectivity index (χ1n) is 6.52. The first-order valence-corrected chi connectivity index (χ1v) is 6.90. The van der Waals surface area contributed by atoms with Crippen LogP contribution in [0.1, 0.15) is 19.8 Å². The second-order valence-corrected chi connectivity index (χ2v) is 5.14. The zero-order valence-electron chi connectivity index (χ0n) is 11.3. The van der Waals surface area contributed by atoms with Crippen molar-refractivity contribution in [1.82, 2.24) is 9.97 Å². The van der Waals surface area contributed by atoms with Crippen LogP contribution in [0.4, 0.5) is 5.82 Å². The molecule has 0 aliphatic heterocycles. The van der Waals surface area contributed by atoms with Gasteiger partial charge in [-0.05, 0) is 31.0 Å². The molecule has 1 aromatic carbocycles. The number of hydrogen-bond donors (Lipinski definition) is 2. The molecule has 0 aliphatic rings. The number of aromatic nitrogens is 2. The largest absolute Gasteiger partial charge is 0.330 e. The lowest BCUT2D eigenvalue weighted by Gasteiger charge is -2.09. The molecular formula is C14H17ClN4O. The van der Waals surface area contributed by atoms with Crippen molar-refractivity contribution >= 4 is 34.4 Å². The minimum Gasteiger partial charge on any atom is -0.330 e. The number of nitrogens with zero attached hydrogens (tertiary/aromatic N) is 2. The molecule has 6 heteroatoms. The number of fused-ring (bicyclic) bond motifs is 1. The van der Waals surface area contributed by atoms with E-state index >= 15 is 0 Å². The number of halogens is 1. The molecular weight excluding hydrogens is 276 g/mol. The van der Waals surface area contributed by atoms with Gasteiger partial charge in [-0.1, -0.05) is 30.7 Å². The summed E-state index contributed by atoms with van der Waals surface area (Å²) in [5, 5.41) is 2.89. The van der Waals surface area contributed by atoms with Gasteiger partial charge in [-0.2, -0.15) is 0 Å². The summed E-state index contributed by atoms with van der Waals surface area (Å²) in [5.74, 6) is 0.492. The first-order chi connectivity index (χ1) is 9.60. The molecule has 0 aliphatic carbocycles. The second kappa shape index (κ2) is 6.63. The Kier molecular flexibility index (Phi) is 4.87. The summed E-state index contributed by atoms with van der Waals surface area (Å²) < 4.78 is 0. The smallest absolute Gasteiger partial charge is 0.225 e. The van der Waals surface area contributed by atoms with Gasteiger partial charge < -0.3 is 11.1 Å². The van der Waals surface area contributed by atoms with Crippen molar-refractivity contribution in [2.75, 3.05) is 11.9 Å². The standard InChI is InChI=1S/C14H17ClN4O/c1-9(8-16)6-7-12(20)19-14-13(15)17-10-4-2-3-5-11(10)18-14/h2-5,9H,6-8,16H2,1H3,(H,18,19,20). The highest BCUT2D eigenvalue weighted by Gasteiger charge is 2.11. The lowest BCUT2D eigenvalue weighted by atomic mass is 10.1. The lowest BCUT2D eigenvalue weighted by molar-refractivity contribution is -0.116. The topological polar surface area (TPSA) is 80.9 Å². The number of nitrogens with two attached hydrogens (primary N) is 1. The Balaban J connectivity index is 2.09. The minimum absolute atomic E-state index is 0.128. The lowest BCUT2D eigenvalue weighted by Crippen LogP contribution is -2.17. The third kappa shape index (κ3) is 3.65. The highest BCUT2D eigenvalue weighted by molar-refractivity contribution is 6.32. The van der Waals surface area contributed by atoms with Gasteiger partial charge in [-0.15, -0.1) is 0 Å². The molecule has 5 nitrogen and oxygen atoms in total. The van der Waals surface area contributed by atoms with Crippen LogP contribution in [0.3, 0.4) is 0 Å². The fourth-order valence-corrected chi connectivity index (χ4v) is 1.93. The molecule has 106 valence electrons. The fraction of sp³-hybridized carbons (Fsp3) is 0.357. The summed E-state index contributed by atoms with van der Waals surface area (Å²) in [6.07, 6.45) is 1.13. The van der Waals surface area contributed by atoms with Gasteiger partial charge in [0.25, 0.3) is 0 Å². The third-order valence-electron chi connectivity index (χ3n) is 3.05. The maximum atomic E-state index is 11.8. The van der Waals surface area contributed by atoms with Gasteiger partial charge in [0.2, 0.25) is 5.91 Å². The Morgan fingerprint density at radius 1 is 1.35 bits per heavy atom. The summed E-state index contributed by atoms with van der Waals surface area (Å²) in [4.78, 5) is 20.4. The zero-order chi connectivity index (χ0) is 14.5. The average molecular weight is 293 g/mol. The maximum absolute atomic E-state index is 11.8. The summed E-state index contributed by atoms with van der Waals surface area (Å²) in [6.45, 7) is 2.58. The van der Waals surface area contributed by atoms with Gasteiger partial charge in [-0.25, -0.2) is 9.97 Å². The van der Waals surface area contributed by atoms with Crippen molar-refractivity contribution in [3.8, 4) is 0 Å². The molecule has 0 spiro atoms. The number of anilines is 1. The predicted octanol–water partition coefficient (Wildman–Crippen LogP) is 2.60. The van der Waals surface area contributed by atoms with Crippen molar-refractivity contribution in [1.29, 1.82) is 0 Å². The predicted molar refractivity (Wildman–Crippen MR) is 80.6 cm³/mol. The number of nitrogens with one attached hydrogen (secondary N) is 1. The van der Waals surface area contributed by atoms with E-state index in [4.69, 9.17) is 17.3 Å². The van der Waals surface area contributed by atoms with Crippen LogP contribution >= 0.6 is 11.6 Å². The van der Waals surface area contributed by atoms with E-state index < -0.39 is 0 Å². The Hall–Kier alpha value is -1.72. The zero-order valence-corrected chi connectivity index (χ0v) is 12.0. The molecule has 3 N–H and O–H groups in total. The number of amides is 1. The Morgan fingerprint density at radius 2 is 2.00 bits per heavy atom. The number of hydrogen-bond acceptors (Lipinski definition) is 4. The van der Waals surface area contributed by atoms with Crippen molar-refractivity contribution < 1.29 is 4.79 Å². The van der Waals surface area contributed by atoms with Gasteiger partial charge >= 0.3 is 0 Å². The number of rotatable bonds is 5. The molecule has 1 unspecified atom stereocenters. The molecule has 0 saturated heterocycles. The van der Waals surface area contributed by atoms with Crippen molar-refractivity contribution in [3.05, 3.63) is 29.4 Å². The normalized spacial score (nSPS) is 12.3. The van der Waals surface area contributed by atoms with Crippen LogP contribution in [0, 0.1) is 5.92 Å². The van der Waals surface area contributed by atoms with E-state index in [1.54, 1.807) is 0 Å². The Morgan fingerprint density at radius 3 is 2.65 bits per heavy atom. The first kappa shape index (κ1) is 14.7. The molecule has 2 rings (SSSR count). The van der Waals surface area contributed by atoms with E-state index in [0.717, 1.165) is 6.42 Å². The van der Waals surface area contributed by atoms with Gasteiger partial charge in [0.1, 0.15) is 0 Å². The van der Waals surface area contributed by atoms with E-state index in [9.17, 15) is 4.79 Å². The van der Waals surface area contributed by atoms with E-state index in [-0.39, 0.29) is 11.1 Å². The van der Waals surface area contributed by atoms with Crippen LogP contribution in [-0.4, -0.2) is 22.4 Å². The number of carbonyl (C=O) groups excluding carboxylic acids is 1. The number of para-hydroxylation sites is 2. The molecule has 0 bridgehead atoms. The Bertz CT molecular complexity index is 617. The van der Waals surface area contributed by atoms with E-state index in [2.05, 4.69) is 15.3 Å². The monoisotopic (exact) mass is 292 g/mol. The quantitative estimate of drug-likeness (QED) is 0.887.